The summed E-state index contributed by atoms with van der Waals surface area (Å²) in [6.45, 7) is 0. The zero-order valence-electron chi connectivity index (χ0n) is 5.67. The highest BCUT2D eigenvalue weighted by molar-refractivity contribution is 7.27. The zero-order valence-corrected chi connectivity index (χ0v) is 6.83. The van der Waals surface area contributed by atoms with E-state index < -0.39 is 0 Å². The van der Waals surface area contributed by atoms with E-state index in [2.05, 4.69) is 39.6 Å². The summed E-state index contributed by atoms with van der Waals surface area (Å²) in [4.78, 5) is 0. The molecule has 50 valence electrons. The van der Waals surface area contributed by atoms with E-state index in [0.29, 0.717) is 0 Å². The number of allylic oxidation sites excluding steroid dienone is 1. The van der Waals surface area contributed by atoms with E-state index in [1.54, 1.807) is 0 Å². The molecule has 0 amide bonds. The van der Waals surface area contributed by atoms with Crippen molar-refractivity contribution in [3.8, 4) is 0 Å². The molecular formula is C9H9P. The molecule has 1 unspecified atom stereocenters. The molecule has 0 spiro atoms. The average Bonchev–Trinajstić information content (AvgIpc) is 2.36. The molecular weight excluding hydrogens is 139 g/mol. The Morgan fingerprint density at radius 1 is 1.30 bits per heavy atom. The summed E-state index contributed by atoms with van der Waals surface area (Å²) in [6, 6.07) is 6.41. The second kappa shape index (κ2) is 2.21. The van der Waals surface area contributed by atoms with Crippen LogP contribution in [0, 0.1) is 0 Å². The van der Waals surface area contributed by atoms with Crippen molar-refractivity contribution in [3.05, 3.63) is 35.4 Å². The minimum absolute atomic E-state index is 1.11. The van der Waals surface area contributed by atoms with Crippen LogP contribution in [0.4, 0.5) is 0 Å². The van der Waals surface area contributed by atoms with Crippen molar-refractivity contribution in [2.24, 2.45) is 0 Å². The summed E-state index contributed by atoms with van der Waals surface area (Å²) in [5, 5.41) is 1.31. The zero-order chi connectivity index (χ0) is 6.97. The summed E-state index contributed by atoms with van der Waals surface area (Å²) < 4.78 is 0. The molecule has 0 radical (unpaired) electrons. The summed E-state index contributed by atoms with van der Waals surface area (Å²) in [6.07, 6.45) is 5.51. The van der Waals surface area contributed by atoms with Gasteiger partial charge in [0.25, 0.3) is 0 Å². The highest BCUT2D eigenvalue weighted by atomic mass is 31.0. The molecule has 0 bridgehead atoms. The fraction of sp³-hybridized carbons (Fsp3) is 0.111. The summed E-state index contributed by atoms with van der Waals surface area (Å²) in [5.74, 6) is 0. The predicted octanol–water partition coefficient (Wildman–Crippen LogP) is 1.76. The lowest BCUT2D eigenvalue weighted by Gasteiger charge is -1.99. The molecule has 1 atom stereocenters. The van der Waals surface area contributed by atoms with Crippen molar-refractivity contribution in [1.82, 2.24) is 0 Å². The SMILES string of the molecule is Pc1cccc2c1C=CC2. The standard InChI is InChI=1S/C9H9P/c10-9-6-2-4-7-3-1-5-8(7)9/h1-2,4-6H,3,10H2. The molecule has 1 aliphatic carbocycles. The molecule has 0 saturated carbocycles. The van der Waals surface area contributed by atoms with E-state index in [4.69, 9.17) is 0 Å². The Bertz CT molecular complexity index is 287. The first-order valence-electron chi connectivity index (χ1n) is 3.42. The largest absolute Gasteiger partial charge is 0.105 e. The first kappa shape index (κ1) is 6.12. The van der Waals surface area contributed by atoms with Gasteiger partial charge in [0.2, 0.25) is 0 Å². The van der Waals surface area contributed by atoms with Crippen molar-refractivity contribution < 1.29 is 0 Å². The molecule has 0 aromatic heterocycles. The third-order valence-electron chi connectivity index (χ3n) is 1.85. The van der Waals surface area contributed by atoms with E-state index in [9.17, 15) is 0 Å². The van der Waals surface area contributed by atoms with Crippen LogP contribution in [0.1, 0.15) is 11.1 Å². The van der Waals surface area contributed by atoms with Crippen LogP contribution in [0.15, 0.2) is 24.3 Å². The van der Waals surface area contributed by atoms with Gasteiger partial charge in [-0.05, 0) is 22.9 Å². The van der Waals surface area contributed by atoms with Crippen molar-refractivity contribution >= 4 is 20.6 Å². The maximum Gasteiger partial charge on any atom is -0.00879 e. The lowest BCUT2D eigenvalue weighted by Crippen LogP contribution is -1.96. The van der Waals surface area contributed by atoms with E-state index in [-0.39, 0.29) is 0 Å². The molecule has 1 aliphatic rings. The highest BCUT2D eigenvalue weighted by Crippen LogP contribution is 2.17. The third-order valence-corrected chi connectivity index (χ3v) is 2.36. The normalized spacial score (nSPS) is 13.7. The van der Waals surface area contributed by atoms with Crippen molar-refractivity contribution in [1.29, 1.82) is 0 Å². The number of rotatable bonds is 0. The number of benzene rings is 1. The van der Waals surface area contributed by atoms with E-state index >= 15 is 0 Å². The minimum atomic E-state index is 1.11. The Morgan fingerprint density at radius 2 is 2.20 bits per heavy atom. The minimum Gasteiger partial charge on any atom is -0.105 e. The van der Waals surface area contributed by atoms with Crippen molar-refractivity contribution in [2.45, 2.75) is 6.42 Å². The molecule has 0 heterocycles. The average molecular weight is 148 g/mol. The molecule has 0 saturated heterocycles. The quantitative estimate of drug-likeness (QED) is 0.492. The van der Waals surface area contributed by atoms with Crippen LogP contribution >= 0.6 is 9.24 Å². The summed E-state index contributed by atoms with van der Waals surface area (Å²) in [5.41, 5.74) is 2.85. The van der Waals surface area contributed by atoms with Gasteiger partial charge in [-0.25, -0.2) is 0 Å². The molecule has 0 nitrogen and oxygen atoms in total. The smallest absolute Gasteiger partial charge is 0.00879 e. The molecule has 0 aliphatic heterocycles. The van der Waals surface area contributed by atoms with Crippen molar-refractivity contribution in [2.75, 3.05) is 0 Å². The van der Waals surface area contributed by atoms with Crippen LogP contribution in [0.25, 0.3) is 6.08 Å². The van der Waals surface area contributed by atoms with E-state index in [0.717, 1.165) is 6.42 Å². The van der Waals surface area contributed by atoms with Gasteiger partial charge in [-0.1, -0.05) is 30.4 Å². The Hall–Kier alpha value is -0.610. The summed E-state index contributed by atoms with van der Waals surface area (Å²) >= 11 is 0. The van der Waals surface area contributed by atoms with Crippen LogP contribution in [0.2, 0.25) is 0 Å². The van der Waals surface area contributed by atoms with E-state index in [1.807, 2.05) is 0 Å². The van der Waals surface area contributed by atoms with Gasteiger partial charge in [0.15, 0.2) is 0 Å². The number of hydrogen-bond donors (Lipinski definition) is 0. The van der Waals surface area contributed by atoms with Gasteiger partial charge < -0.3 is 0 Å². The molecule has 1 aromatic carbocycles. The molecule has 0 N–H and O–H groups in total. The molecule has 10 heavy (non-hydrogen) atoms. The third kappa shape index (κ3) is 0.803. The van der Waals surface area contributed by atoms with Crippen LogP contribution < -0.4 is 5.30 Å². The van der Waals surface area contributed by atoms with Gasteiger partial charge in [0.05, 0.1) is 0 Å². The fourth-order valence-corrected chi connectivity index (χ4v) is 1.71. The molecule has 2 rings (SSSR count). The van der Waals surface area contributed by atoms with Crippen molar-refractivity contribution in [3.63, 3.8) is 0 Å². The van der Waals surface area contributed by atoms with Gasteiger partial charge in [0.1, 0.15) is 0 Å². The second-order valence-electron chi connectivity index (χ2n) is 2.53. The van der Waals surface area contributed by atoms with Crippen LogP contribution in [-0.2, 0) is 6.42 Å². The first-order valence-corrected chi connectivity index (χ1v) is 3.99. The van der Waals surface area contributed by atoms with Crippen LogP contribution in [-0.4, -0.2) is 0 Å². The fourth-order valence-electron chi connectivity index (χ4n) is 1.32. The predicted molar refractivity (Wildman–Crippen MR) is 48.5 cm³/mol. The van der Waals surface area contributed by atoms with Crippen LogP contribution in [0.5, 0.6) is 0 Å². The van der Waals surface area contributed by atoms with Gasteiger partial charge in [-0.3, -0.25) is 0 Å². The monoisotopic (exact) mass is 148 g/mol. The number of hydrogen-bond acceptors (Lipinski definition) is 0. The van der Waals surface area contributed by atoms with Gasteiger partial charge in [-0.2, -0.15) is 0 Å². The first-order chi connectivity index (χ1) is 4.88. The maximum atomic E-state index is 2.75. The maximum absolute atomic E-state index is 2.75. The molecule has 1 aromatic rings. The van der Waals surface area contributed by atoms with Crippen LogP contribution in [0.3, 0.4) is 0 Å². The molecule has 1 heteroatoms. The second-order valence-corrected chi connectivity index (χ2v) is 3.15. The van der Waals surface area contributed by atoms with Gasteiger partial charge >= 0.3 is 0 Å². The number of fused-ring (bicyclic) bond motifs is 1. The lowest BCUT2D eigenvalue weighted by atomic mass is 10.1. The highest BCUT2D eigenvalue weighted by Gasteiger charge is 2.04. The Morgan fingerprint density at radius 3 is 3.00 bits per heavy atom. The van der Waals surface area contributed by atoms with E-state index in [1.165, 1.54) is 16.4 Å². The lowest BCUT2D eigenvalue weighted by molar-refractivity contribution is 1.32. The van der Waals surface area contributed by atoms with Gasteiger partial charge in [-0.15, -0.1) is 9.24 Å². The molecule has 0 fully saturated rings. The summed E-state index contributed by atoms with van der Waals surface area (Å²) in [7, 11) is 2.75. The van der Waals surface area contributed by atoms with Gasteiger partial charge in [0, 0.05) is 0 Å². The Kier molecular flexibility index (Phi) is 1.35. The Balaban J connectivity index is 2.67. The topological polar surface area (TPSA) is 0 Å². The Labute approximate surface area is 63.2 Å².